The van der Waals surface area contributed by atoms with E-state index in [1.54, 1.807) is 18.5 Å². The summed E-state index contributed by atoms with van der Waals surface area (Å²) < 4.78 is 0. The van der Waals surface area contributed by atoms with Gasteiger partial charge in [-0.25, -0.2) is 4.98 Å². The standard InChI is InChI=1S/C19H14N4O/c20-18(24)13-5-3-4-12(10-13)14-6-1-2-7-15(14)16-8-9-21-19-17(16)11-22-23-19/h1-11H,(H2,20,24)(H,21,22,23). The zero-order valence-electron chi connectivity index (χ0n) is 12.7. The minimum Gasteiger partial charge on any atom is -0.366 e. The van der Waals surface area contributed by atoms with Gasteiger partial charge in [-0.3, -0.25) is 9.89 Å². The molecule has 24 heavy (non-hydrogen) atoms. The van der Waals surface area contributed by atoms with Crippen LogP contribution in [0.15, 0.2) is 67.0 Å². The van der Waals surface area contributed by atoms with Crippen molar-refractivity contribution < 1.29 is 4.79 Å². The number of aromatic nitrogens is 3. The van der Waals surface area contributed by atoms with Crippen molar-refractivity contribution in [3.05, 3.63) is 72.6 Å². The molecule has 0 saturated carbocycles. The number of amides is 1. The summed E-state index contributed by atoms with van der Waals surface area (Å²) in [6.07, 6.45) is 3.53. The van der Waals surface area contributed by atoms with E-state index < -0.39 is 5.91 Å². The van der Waals surface area contributed by atoms with Gasteiger partial charge in [-0.1, -0.05) is 36.4 Å². The maximum Gasteiger partial charge on any atom is 0.248 e. The number of rotatable bonds is 3. The number of H-pyrrole nitrogens is 1. The van der Waals surface area contributed by atoms with E-state index in [1.165, 1.54) is 0 Å². The molecule has 0 bridgehead atoms. The van der Waals surface area contributed by atoms with Gasteiger partial charge in [0.15, 0.2) is 5.65 Å². The molecule has 0 spiro atoms. The molecular weight excluding hydrogens is 300 g/mol. The van der Waals surface area contributed by atoms with E-state index in [1.807, 2.05) is 48.5 Å². The molecule has 0 radical (unpaired) electrons. The van der Waals surface area contributed by atoms with Crippen LogP contribution in [-0.2, 0) is 0 Å². The molecule has 1 amide bonds. The number of pyridine rings is 1. The van der Waals surface area contributed by atoms with Gasteiger partial charge in [-0.05, 0) is 40.5 Å². The average Bonchev–Trinajstić information content (AvgIpc) is 3.10. The number of hydrogen-bond donors (Lipinski definition) is 2. The summed E-state index contributed by atoms with van der Waals surface area (Å²) in [6.45, 7) is 0. The first-order valence-electron chi connectivity index (χ1n) is 7.52. The summed E-state index contributed by atoms with van der Waals surface area (Å²) >= 11 is 0. The molecule has 2 heterocycles. The lowest BCUT2D eigenvalue weighted by molar-refractivity contribution is 0.100. The number of aromatic amines is 1. The molecule has 0 aliphatic carbocycles. The smallest absolute Gasteiger partial charge is 0.248 e. The summed E-state index contributed by atoms with van der Waals surface area (Å²) in [5.41, 5.74) is 10.7. The number of nitrogens with one attached hydrogen (secondary N) is 1. The van der Waals surface area contributed by atoms with Gasteiger partial charge in [-0.15, -0.1) is 0 Å². The van der Waals surface area contributed by atoms with Gasteiger partial charge in [0.1, 0.15) is 0 Å². The Morgan fingerprint density at radius 2 is 1.79 bits per heavy atom. The third-order valence-corrected chi connectivity index (χ3v) is 4.03. The molecule has 0 saturated heterocycles. The van der Waals surface area contributed by atoms with E-state index in [-0.39, 0.29) is 0 Å². The number of benzene rings is 2. The molecule has 2 aromatic carbocycles. The first kappa shape index (κ1) is 14.1. The van der Waals surface area contributed by atoms with Crippen LogP contribution >= 0.6 is 0 Å². The third-order valence-electron chi connectivity index (χ3n) is 4.03. The number of hydrogen-bond acceptors (Lipinski definition) is 3. The van der Waals surface area contributed by atoms with Gasteiger partial charge < -0.3 is 5.73 Å². The lowest BCUT2D eigenvalue weighted by Gasteiger charge is -2.11. The second-order valence-electron chi connectivity index (χ2n) is 5.48. The van der Waals surface area contributed by atoms with Gasteiger partial charge >= 0.3 is 0 Å². The Labute approximate surface area is 138 Å². The first-order valence-corrected chi connectivity index (χ1v) is 7.52. The number of primary amides is 1. The Morgan fingerprint density at radius 1 is 0.958 bits per heavy atom. The highest BCUT2D eigenvalue weighted by molar-refractivity contribution is 5.98. The molecule has 0 atom stereocenters. The van der Waals surface area contributed by atoms with Gasteiger partial charge in [-0.2, -0.15) is 5.10 Å². The van der Waals surface area contributed by atoms with E-state index in [0.717, 1.165) is 33.3 Å². The summed E-state index contributed by atoms with van der Waals surface area (Å²) in [5, 5.41) is 7.92. The Balaban J connectivity index is 1.95. The van der Waals surface area contributed by atoms with Crippen LogP contribution < -0.4 is 5.73 Å². The zero-order valence-corrected chi connectivity index (χ0v) is 12.7. The highest BCUT2D eigenvalue weighted by atomic mass is 16.1. The van der Waals surface area contributed by atoms with Crippen LogP contribution in [0.4, 0.5) is 0 Å². The Morgan fingerprint density at radius 3 is 2.62 bits per heavy atom. The van der Waals surface area contributed by atoms with Gasteiger partial charge in [0.25, 0.3) is 0 Å². The van der Waals surface area contributed by atoms with Crippen molar-refractivity contribution in [3.8, 4) is 22.3 Å². The SMILES string of the molecule is NC(=O)c1cccc(-c2ccccc2-c2ccnc3[nH]ncc23)c1. The number of carbonyl (C=O) groups excluding carboxylic acids is 1. The molecule has 0 unspecified atom stereocenters. The molecule has 0 aliphatic heterocycles. The van der Waals surface area contributed by atoms with Crippen molar-refractivity contribution in [1.29, 1.82) is 0 Å². The monoisotopic (exact) mass is 314 g/mol. The average molecular weight is 314 g/mol. The van der Waals surface area contributed by atoms with Crippen molar-refractivity contribution in [3.63, 3.8) is 0 Å². The second-order valence-corrected chi connectivity index (χ2v) is 5.48. The lowest BCUT2D eigenvalue weighted by Crippen LogP contribution is -2.10. The van der Waals surface area contributed by atoms with Gasteiger partial charge in [0.05, 0.1) is 6.20 Å². The predicted molar refractivity (Wildman–Crippen MR) is 93.3 cm³/mol. The van der Waals surface area contributed by atoms with E-state index in [9.17, 15) is 4.79 Å². The van der Waals surface area contributed by atoms with Crippen molar-refractivity contribution in [2.45, 2.75) is 0 Å². The molecule has 5 heteroatoms. The first-order chi connectivity index (χ1) is 11.7. The van der Waals surface area contributed by atoms with Crippen LogP contribution in [0.25, 0.3) is 33.3 Å². The fourth-order valence-corrected chi connectivity index (χ4v) is 2.90. The lowest BCUT2D eigenvalue weighted by atomic mass is 9.93. The normalized spacial score (nSPS) is 10.8. The molecule has 0 fully saturated rings. The number of fused-ring (bicyclic) bond motifs is 1. The van der Waals surface area contributed by atoms with Crippen molar-refractivity contribution in [1.82, 2.24) is 15.2 Å². The maximum atomic E-state index is 11.5. The van der Waals surface area contributed by atoms with Crippen molar-refractivity contribution in [2.75, 3.05) is 0 Å². The number of nitrogens with two attached hydrogens (primary N) is 1. The second kappa shape index (κ2) is 5.62. The van der Waals surface area contributed by atoms with Gasteiger partial charge in [0.2, 0.25) is 5.91 Å². The molecular formula is C19H14N4O. The zero-order chi connectivity index (χ0) is 16.5. The summed E-state index contributed by atoms with van der Waals surface area (Å²) in [4.78, 5) is 15.8. The topological polar surface area (TPSA) is 84.7 Å². The molecule has 5 nitrogen and oxygen atoms in total. The Bertz CT molecular complexity index is 1050. The quantitative estimate of drug-likeness (QED) is 0.608. The minimum absolute atomic E-state index is 0.435. The largest absolute Gasteiger partial charge is 0.366 e. The molecule has 4 aromatic rings. The maximum absolute atomic E-state index is 11.5. The Hall–Kier alpha value is -3.47. The van der Waals surface area contributed by atoms with E-state index >= 15 is 0 Å². The molecule has 3 N–H and O–H groups in total. The number of carbonyl (C=O) groups is 1. The predicted octanol–water partition coefficient (Wildman–Crippen LogP) is 3.39. The molecule has 2 aromatic heterocycles. The molecule has 4 rings (SSSR count). The number of nitrogens with zero attached hydrogens (tertiary/aromatic N) is 2. The van der Waals surface area contributed by atoms with Gasteiger partial charge in [0, 0.05) is 17.1 Å². The summed E-state index contributed by atoms with van der Waals surface area (Å²) in [6, 6.07) is 17.4. The van der Waals surface area contributed by atoms with E-state index in [0.29, 0.717) is 5.56 Å². The fraction of sp³-hybridized carbons (Fsp3) is 0. The third kappa shape index (κ3) is 2.32. The minimum atomic E-state index is -0.435. The summed E-state index contributed by atoms with van der Waals surface area (Å²) in [5.74, 6) is -0.435. The van der Waals surface area contributed by atoms with Crippen molar-refractivity contribution >= 4 is 16.9 Å². The van der Waals surface area contributed by atoms with Crippen LogP contribution in [0.2, 0.25) is 0 Å². The fourth-order valence-electron chi connectivity index (χ4n) is 2.90. The van der Waals surface area contributed by atoms with Crippen LogP contribution in [-0.4, -0.2) is 21.1 Å². The van der Waals surface area contributed by atoms with Crippen LogP contribution in [0, 0.1) is 0 Å². The van der Waals surface area contributed by atoms with Crippen LogP contribution in [0.5, 0.6) is 0 Å². The summed E-state index contributed by atoms with van der Waals surface area (Å²) in [7, 11) is 0. The Kier molecular flexibility index (Phi) is 3.31. The molecule has 0 aliphatic rings. The highest BCUT2D eigenvalue weighted by Crippen LogP contribution is 2.35. The molecule has 116 valence electrons. The van der Waals surface area contributed by atoms with E-state index in [4.69, 9.17) is 5.73 Å². The van der Waals surface area contributed by atoms with E-state index in [2.05, 4.69) is 15.2 Å². The van der Waals surface area contributed by atoms with Crippen molar-refractivity contribution in [2.24, 2.45) is 5.73 Å². The highest BCUT2D eigenvalue weighted by Gasteiger charge is 2.12. The van der Waals surface area contributed by atoms with Crippen LogP contribution in [0.1, 0.15) is 10.4 Å². The van der Waals surface area contributed by atoms with Crippen LogP contribution in [0.3, 0.4) is 0 Å².